The minimum absolute atomic E-state index is 0.0555. The molecule has 0 bridgehead atoms. The molecule has 21 heavy (non-hydrogen) atoms. The van der Waals surface area contributed by atoms with Gasteiger partial charge in [0.25, 0.3) is 11.6 Å². The zero-order valence-corrected chi connectivity index (χ0v) is 11.6. The quantitative estimate of drug-likeness (QED) is 0.585. The number of rotatable bonds is 3. The minimum Gasteiger partial charge on any atom is -0.313 e. The van der Waals surface area contributed by atoms with Gasteiger partial charge in [0.2, 0.25) is 0 Å². The van der Waals surface area contributed by atoms with Crippen molar-refractivity contribution in [1.29, 1.82) is 0 Å². The van der Waals surface area contributed by atoms with Crippen molar-refractivity contribution in [2.45, 2.75) is 0 Å². The highest BCUT2D eigenvalue weighted by atomic mass is 32.1. The molecule has 1 aromatic heterocycles. The lowest BCUT2D eigenvalue weighted by atomic mass is 10.1. The number of nitro benzene ring substituents is 1. The van der Waals surface area contributed by atoms with Crippen LogP contribution in [0, 0.1) is 10.1 Å². The van der Waals surface area contributed by atoms with Crippen LogP contribution in [0.3, 0.4) is 0 Å². The lowest BCUT2D eigenvalue weighted by molar-refractivity contribution is -0.385. The zero-order valence-electron chi connectivity index (χ0n) is 10.8. The maximum Gasteiger partial charge on any atom is 0.282 e. The fourth-order valence-corrected chi connectivity index (χ4v) is 3.01. The smallest absolute Gasteiger partial charge is 0.282 e. The fourth-order valence-electron chi connectivity index (χ4n) is 2.05. The molecule has 0 aliphatic carbocycles. The molecule has 1 N–H and O–H groups in total. The van der Waals surface area contributed by atoms with Crippen molar-refractivity contribution in [3.8, 4) is 0 Å². The van der Waals surface area contributed by atoms with E-state index in [2.05, 4.69) is 5.32 Å². The normalized spacial score (nSPS) is 10.5. The highest BCUT2D eigenvalue weighted by Crippen LogP contribution is 2.30. The number of para-hydroxylation sites is 1. The predicted molar refractivity (Wildman–Crippen MR) is 82.9 cm³/mol. The van der Waals surface area contributed by atoms with Gasteiger partial charge in [0.15, 0.2) is 0 Å². The summed E-state index contributed by atoms with van der Waals surface area (Å²) in [7, 11) is 0. The van der Waals surface area contributed by atoms with Crippen LogP contribution in [0.15, 0.2) is 54.6 Å². The molecule has 0 spiro atoms. The molecule has 1 heterocycles. The standard InChI is InChI=1S/C15H10N2O3S/c18-15(11-6-2-3-7-12(11)17(19)20)16-14-9-10-5-1-4-8-13(10)21-14/h1-9H,(H,16,18). The van der Waals surface area contributed by atoms with Crippen molar-refractivity contribution >= 4 is 38.0 Å². The molecule has 0 saturated carbocycles. The Morgan fingerprint density at radius 3 is 2.57 bits per heavy atom. The van der Waals surface area contributed by atoms with E-state index in [4.69, 9.17) is 0 Å². The molecule has 5 nitrogen and oxygen atoms in total. The number of carbonyl (C=O) groups excluding carboxylic acids is 1. The molecule has 104 valence electrons. The Morgan fingerprint density at radius 1 is 1.10 bits per heavy atom. The topological polar surface area (TPSA) is 72.2 Å². The van der Waals surface area contributed by atoms with E-state index < -0.39 is 10.8 Å². The monoisotopic (exact) mass is 298 g/mol. The van der Waals surface area contributed by atoms with Gasteiger partial charge in [-0.25, -0.2) is 0 Å². The third-order valence-corrected chi connectivity index (χ3v) is 4.04. The summed E-state index contributed by atoms with van der Waals surface area (Å²) in [4.78, 5) is 22.6. The molecule has 0 radical (unpaired) electrons. The molecule has 2 aromatic carbocycles. The van der Waals surface area contributed by atoms with Crippen LogP contribution < -0.4 is 5.32 Å². The van der Waals surface area contributed by atoms with Crippen molar-refractivity contribution in [3.63, 3.8) is 0 Å². The van der Waals surface area contributed by atoms with Gasteiger partial charge >= 0.3 is 0 Å². The van der Waals surface area contributed by atoms with Crippen LogP contribution >= 0.6 is 11.3 Å². The first-order valence-electron chi connectivity index (χ1n) is 6.18. The molecule has 3 aromatic rings. The van der Waals surface area contributed by atoms with Crippen molar-refractivity contribution in [2.75, 3.05) is 5.32 Å². The van der Waals surface area contributed by atoms with E-state index in [1.54, 1.807) is 6.07 Å². The second kappa shape index (κ2) is 5.34. The molecular formula is C15H10N2O3S. The van der Waals surface area contributed by atoms with Gasteiger partial charge in [-0.1, -0.05) is 30.3 Å². The van der Waals surface area contributed by atoms with Gasteiger partial charge in [0.1, 0.15) is 5.56 Å². The van der Waals surface area contributed by atoms with Gasteiger partial charge in [-0.15, -0.1) is 11.3 Å². The summed E-state index contributed by atoms with van der Waals surface area (Å²) in [5.74, 6) is -0.478. The first-order chi connectivity index (χ1) is 10.1. The number of fused-ring (bicyclic) bond motifs is 1. The molecule has 0 unspecified atom stereocenters. The van der Waals surface area contributed by atoms with Gasteiger partial charge in [0.05, 0.1) is 9.92 Å². The van der Waals surface area contributed by atoms with Crippen molar-refractivity contribution in [2.24, 2.45) is 0 Å². The molecular weight excluding hydrogens is 288 g/mol. The van der Waals surface area contributed by atoms with Crippen LogP contribution in [0.2, 0.25) is 0 Å². The molecule has 0 saturated heterocycles. The van der Waals surface area contributed by atoms with Crippen LogP contribution in [-0.2, 0) is 0 Å². The highest BCUT2D eigenvalue weighted by Gasteiger charge is 2.19. The number of nitrogens with zero attached hydrogens (tertiary/aromatic N) is 1. The number of amides is 1. The van der Waals surface area contributed by atoms with Crippen LogP contribution in [-0.4, -0.2) is 10.8 Å². The van der Waals surface area contributed by atoms with E-state index >= 15 is 0 Å². The summed E-state index contributed by atoms with van der Waals surface area (Å²) in [6.07, 6.45) is 0. The van der Waals surface area contributed by atoms with Crippen LogP contribution in [0.4, 0.5) is 10.7 Å². The first-order valence-corrected chi connectivity index (χ1v) is 7.00. The van der Waals surface area contributed by atoms with Gasteiger partial charge in [-0.3, -0.25) is 14.9 Å². The summed E-state index contributed by atoms with van der Waals surface area (Å²) in [5, 5.41) is 15.4. The van der Waals surface area contributed by atoms with Crippen LogP contribution in [0.25, 0.3) is 10.1 Å². The Balaban J connectivity index is 1.91. The summed E-state index contributed by atoms with van der Waals surface area (Å²) in [6, 6.07) is 15.5. The number of nitro groups is 1. The summed E-state index contributed by atoms with van der Waals surface area (Å²) in [5.41, 5.74) is -0.143. The number of anilines is 1. The average molecular weight is 298 g/mol. The van der Waals surface area contributed by atoms with Crippen molar-refractivity contribution in [3.05, 3.63) is 70.3 Å². The summed E-state index contributed by atoms with van der Waals surface area (Å²) in [6.45, 7) is 0. The minimum atomic E-state index is -0.556. The number of hydrogen-bond acceptors (Lipinski definition) is 4. The Hall–Kier alpha value is -2.73. The number of thiophene rings is 1. The zero-order chi connectivity index (χ0) is 14.8. The Labute approximate surface area is 124 Å². The van der Waals surface area contributed by atoms with Crippen LogP contribution in [0.1, 0.15) is 10.4 Å². The number of benzene rings is 2. The third kappa shape index (κ3) is 2.61. The van der Waals surface area contributed by atoms with E-state index in [0.29, 0.717) is 5.00 Å². The first kappa shape index (κ1) is 13.3. The van der Waals surface area contributed by atoms with Gasteiger partial charge in [0, 0.05) is 10.8 Å². The Bertz CT molecular complexity index is 809. The third-order valence-electron chi connectivity index (χ3n) is 3.01. The molecule has 1 amide bonds. The number of nitrogens with one attached hydrogen (secondary N) is 1. The lowest BCUT2D eigenvalue weighted by Gasteiger charge is -2.03. The molecule has 0 atom stereocenters. The maximum atomic E-state index is 12.2. The molecule has 3 rings (SSSR count). The van der Waals surface area contributed by atoms with Gasteiger partial charge < -0.3 is 5.32 Å². The summed E-state index contributed by atoms with van der Waals surface area (Å²) < 4.78 is 1.05. The second-order valence-corrected chi connectivity index (χ2v) is 5.46. The predicted octanol–water partition coefficient (Wildman–Crippen LogP) is 4.06. The van der Waals surface area contributed by atoms with Crippen molar-refractivity contribution < 1.29 is 9.72 Å². The van der Waals surface area contributed by atoms with E-state index in [0.717, 1.165) is 10.1 Å². The number of carbonyl (C=O) groups is 1. The van der Waals surface area contributed by atoms with Crippen molar-refractivity contribution in [1.82, 2.24) is 0 Å². The van der Waals surface area contributed by atoms with E-state index in [1.807, 2.05) is 30.3 Å². The average Bonchev–Trinajstić information content (AvgIpc) is 2.89. The molecule has 6 heteroatoms. The summed E-state index contributed by atoms with van der Waals surface area (Å²) >= 11 is 1.43. The largest absolute Gasteiger partial charge is 0.313 e. The Morgan fingerprint density at radius 2 is 1.81 bits per heavy atom. The SMILES string of the molecule is O=C(Nc1cc2ccccc2s1)c1ccccc1[N+](=O)[O-]. The molecule has 0 fully saturated rings. The van der Waals surface area contributed by atoms with E-state index in [1.165, 1.54) is 29.5 Å². The Kier molecular flexibility index (Phi) is 3.37. The maximum absolute atomic E-state index is 12.2. The van der Waals surface area contributed by atoms with E-state index in [9.17, 15) is 14.9 Å². The molecule has 0 aliphatic rings. The lowest BCUT2D eigenvalue weighted by Crippen LogP contribution is -2.12. The van der Waals surface area contributed by atoms with Crippen LogP contribution in [0.5, 0.6) is 0 Å². The van der Waals surface area contributed by atoms with Gasteiger partial charge in [-0.05, 0) is 23.6 Å². The second-order valence-electron chi connectivity index (χ2n) is 4.38. The number of hydrogen-bond donors (Lipinski definition) is 1. The molecule has 0 aliphatic heterocycles. The highest BCUT2D eigenvalue weighted by molar-refractivity contribution is 7.23. The fraction of sp³-hybridized carbons (Fsp3) is 0. The van der Waals surface area contributed by atoms with Gasteiger partial charge in [-0.2, -0.15) is 0 Å². The van der Waals surface area contributed by atoms with E-state index in [-0.39, 0.29) is 11.3 Å².